The summed E-state index contributed by atoms with van der Waals surface area (Å²) in [4.78, 5) is 15.3. The number of non-ortho nitro benzene ring substituents is 1. The Hall–Kier alpha value is -4.70. The molecule has 10 heteroatoms. The quantitative estimate of drug-likeness (QED) is 0.0928. The fourth-order valence-corrected chi connectivity index (χ4v) is 5.36. The summed E-state index contributed by atoms with van der Waals surface area (Å²) in [5.41, 5.74) is 2.16. The van der Waals surface area contributed by atoms with Crippen molar-refractivity contribution in [1.29, 1.82) is 0 Å². The van der Waals surface area contributed by atoms with Crippen molar-refractivity contribution >= 4 is 32.9 Å². The second kappa shape index (κ2) is 12.4. The van der Waals surface area contributed by atoms with Crippen LogP contribution in [0.4, 0.5) is 17.1 Å². The van der Waals surface area contributed by atoms with Gasteiger partial charge in [-0.2, -0.15) is 0 Å². The van der Waals surface area contributed by atoms with E-state index in [4.69, 9.17) is 14.5 Å². The average molecular weight is 560 g/mol. The van der Waals surface area contributed by atoms with Crippen molar-refractivity contribution in [2.45, 2.75) is 25.7 Å². The maximum absolute atomic E-state index is 14.3. The van der Waals surface area contributed by atoms with Crippen molar-refractivity contribution in [1.82, 2.24) is 0 Å². The Bertz CT molecular complexity index is 1580. The average Bonchev–Trinajstić information content (AvgIpc) is 2.95. The summed E-state index contributed by atoms with van der Waals surface area (Å²) in [7, 11) is -4.30. The van der Waals surface area contributed by atoms with E-state index in [-0.39, 0.29) is 16.4 Å². The Morgan fingerprint density at radius 1 is 0.800 bits per heavy atom. The van der Waals surface area contributed by atoms with Crippen LogP contribution in [0.2, 0.25) is 0 Å². The zero-order valence-electron chi connectivity index (χ0n) is 22.4. The maximum Gasteiger partial charge on any atom is 0.269 e. The summed E-state index contributed by atoms with van der Waals surface area (Å²) in [6, 6.07) is 25.8. The van der Waals surface area contributed by atoms with E-state index in [0.717, 1.165) is 9.87 Å². The van der Waals surface area contributed by atoms with Crippen LogP contribution in [0.1, 0.15) is 25.0 Å². The number of hydrogen-bond acceptors (Lipinski definition) is 7. The summed E-state index contributed by atoms with van der Waals surface area (Å²) < 4.78 is 40.8. The highest BCUT2D eigenvalue weighted by atomic mass is 32.2. The minimum atomic E-state index is -4.30. The van der Waals surface area contributed by atoms with Crippen LogP contribution in [0.25, 0.3) is 0 Å². The lowest BCUT2D eigenvalue weighted by atomic mass is 10.1. The number of anilines is 1. The Morgan fingerprint density at radius 2 is 1.32 bits per heavy atom. The minimum Gasteiger partial charge on any atom is -0.494 e. The van der Waals surface area contributed by atoms with E-state index >= 15 is 0 Å². The van der Waals surface area contributed by atoms with Gasteiger partial charge in [-0.3, -0.25) is 10.1 Å². The van der Waals surface area contributed by atoms with Crippen molar-refractivity contribution in [3.05, 3.63) is 118 Å². The summed E-state index contributed by atoms with van der Waals surface area (Å²) >= 11 is 0. The number of hydrogen-bond donors (Lipinski definition) is 0. The molecule has 4 rings (SSSR count). The van der Waals surface area contributed by atoms with Gasteiger partial charge in [-0.25, -0.2) is 17.7 Å². The largest absolute Gasteiger partial charge is 0.494 e. The van der Waals surface area contributed by atoms with Gasteiger partial charge >= 0.3 is 0 Å². The molecule has 0 aromatic heterocycles. The molecule has 0 N–H and O–H groups in total. The van der Waals surface area contributed by atoms with Gasteiger partial charge in [0, 0.05) is 17.7 Å². The molecule has 0 aliphatic heterocycles. The highest BCUT2D eigenvalue weighted by Crippen LogP contribution is 2.31. The predicted octanol–water partition coefficient (Wildman–Crippen LogP) is 6.67. The van der Waals surface area contributed by atoms with Crippen molar-refractivity contribution in [2.24, 2.45) is 4.99 Å². The summed E-state index contributed by atoms with van der Waals surface area (Å²) in [6.45, 7) is 6.65. The van der Waals surface area contributed by atoms with Gasteiger partial charge in [-0.05, 0) is 81.4 Å². The van der Waals surface area contributed by atoms with Crippen molar-refractivity contribution in [3.8, 4) is 11.5 Å². The smallest absolute Gasteiger partial charge is 0.269 e. The Morgan fingerprint density at radius 3 is 1.82 bits per heavy atom. The van der Waals surface area contributed by atoms with Crippen molar-refractivity contribution in [3.63, 3.8) is 0 Å². The number of aryl methyl sites for hydroxylation is 1. The number of nitrogens with zero attached hydrogens (tertiary/aromatic N) is 3. The topological polar surface area (TPSA) is 111 Å². The Labute approximate surface area is 233 Å². The third-order valence-corrected chi connectivity index (χ3v) is 7.59. The molecule has 40 heavy (non-hydrogen) atoms. The lowest BCUT2D eigenvalue weighted by Crippen LogP contribution is -2.37. The number of amidine groups is 1. The highest BCUT2D eigenvalue weighted by Gasteiger charge is 2.31. The van der Waals surface area contributed by atoms with E-state index in [1.807, 2.05) is 32.9 Å². The molecule has 0 heterocycles. The number of aliphatic imine (C=N–C) groups is 1. The van der Waals surface area contributed by atoms with Crippen LogP contribution in [0.3, 0.4) is 0 Å². The van der Waals surface area contributed by atoms with E-state index < -0.39 is 14.9 Å². The number of rotatable bonds is 10. The third-order valence-electron chi connectivity index (χ3n) is 5.85. The third kappa shape index (κ3) is 6.47. The van der Waals surface area contributed by atoms with Crippen LogP contribution in [-0.2, 0) is 10.0 Å². The molecule has 0 aliphatic carbocycles. The summed E-state index contributed by atoms with van der Waals surface area (Å²) in [6.07, 6.45) is 0. The molecule has 0 radical (unpaired) electrons. The zero-order valence-corrected chi connectivity index (χ0v) is 23.2. The molecule has 0 bridgehead atoms. The zero-order chi connectivity index (χ0) is 28.7. The molecule has 0 saturated carbocycles. The monoisotopic (exact) mass is 559 g/mol. The first-order valence-electron chi connectivity index (χ1n) is 12.6. The number of benzene rings is 4. The molecule has 9 nitrogen and oxygen atoms in total. The SMILES string of the molecule is CCOc1ccc(N=C(c2ccc(C)cc2)N(c2ccc(OCC)cc2)S(=O)(=O)c2ccc([N+](=O)[O-])cc2)cc1. The van der Waals surface area contributed by atoms with Gasteiger partial charge in [0.25, 0.3) is 15.7 Å². The van der Waals surface area contributed by atoms with E-state index in [1.165, 1.54) is 24.3 Å². The van der Waals surface area contributed by atoms with Gasteiger partial charge in [0.2, 0.25) is 0 Å². The lowest BCUT2D eigenvalue weighted by molar-refractivity contribution is -0.384. The van der Waals surface area contributed by atoms with E-state index in [2.05, 4.69) is 0 Å². The molecule has 0 saturated heterocycles. The molecular formula is C30H29N3O6S. The van der Waals surface area contributed by atoms with Gasteiger partial charge < -0.3 is 9.47 Å². The molecule has 0 aliphatic rings. The highest BCUT2D eigenvalue weighted by molar-refractivity contribution is 7.93. The van der Waals surface area contributed by atoms with Crippen molar-refractivity contribution in [2.75, 3.05) is 17.5 Å². The molecule has 4 aromatic rings. The van der Waals surface area contributed by atoms with Crippen LogP contribution in [0.15, 0.2) is 107 Å². The van der Waals surface area contributed by atoms with Crippen LogP contribution in [0.5, 0.6) is 11.5 Å². The molecule has 0 spiro atoms. The van der Waals surface area contributed by atoms with E-state index in [1.54, 1.807) is 60.7 Å². The summed E-state index contributed by atoms with van der Waals surface area (Å²) in [5, 5.41) is 11.2. The van der Waals surface area contributed by atoms with Gasteiger partial charge in [0.05, 0.1) is 34.4 Å². The molecule has 0 unspecified atom stereocenters. The molecule has 0 fully saturated rings. The molecule has 0 atom stereocenters. The van der Waals surface area contributed by atoms with Crippen molar-refractivity contribution < 1.29 is 22.8 Å². The fourth-order valence-electron chi connectivity index (χ4n) is 3.90. The Balaban J connectivity index is 1.94. The van der Waals surface area contributed by atoms with E-state index in [9.17, 15) is 18.5 Å². The van der Waals surface area contributed by atoms with Crippen LogP contribution in [0, 0.1) is 17.0 Å². The normalized spacial score (nSPS) is 11.6. The molecule has 0 amide bonds. The first kappa shape index (κ1) is 28.3. The van der Waals surface area contributed by atoms with Gasteiger partial charge in [0.1, 0.15) is 11.5 Å². The number of sulfonamides is 1. The first-order valence-corrected chi connectivity index (χ1v) is 14.1. The Kier molecular flexibility index (Phi) is 8.80. The summed E-state index contributed by atoms with van der Waals surface area (Å²) in [5.74, 6) is 1.39. The van der Waals surface area contributed by atoms with Gasteiger partial charge in [-0.15, -0.1) is 0 Å². The molecule has 4 aromatic carbocycles. The second-order valence-electron chi connectivity index (χ2n) is 8.68. The van der Waals surface area contributed by atoms with Crippen LogP contribution < -0.4 is 13.8 Å². The second-order valence-corrected chi connectivity index (χ2v) is 10.5. The lowest BCUT2D eigenvalue weighted by Gasteiger charge is -2.26. The standard InChI is InChI=1S/C30H29N3O6S/c1-4-38-27-16-10-24(11-17-27)31-30(23-8-6-22(3)7-9-23)32(25-12-18-28(19-13-25)39-5-2)40(36,37)29-20-14-26(15-21-29)33(34)35/h6-21H,4-5H2,1-3H3. The maximum atomic E-state index is 14.3. The number of ether oxygens (including phenoxy) is 2. The predicted molar refractivity (Wildman–Crippen MR) is 155 cm³/mol. The number of nitro groups is 1. The van der Waals surface area contributed by atoms with Gasteiger partial charge in [-0.1, -0.05) is 29.8 Å². The number of nitro benzene ring substituents is 1. The minimum absolute atomic E-state index is 0.126. The van der Waals surface area contributed by atoms with E-state index in [0.29, 0.717) is 41.7 Å². The molecule has 206 valence electrons. The van der Waals surface area contributed by atoms with Gasteiger partial charge in [0.15, 0.2) is 5.84 Å². The molecular weight excluding hydrogens is 530 g/mol. The fraction of sp³-hybridized carbons (Fsp3) is 0.167. The first-order chi connectivity index (χ1) is 19.2. The van der Waals surface area contributed by atoms with Crippen LogP contribution in [-0.4, -0.2) is 32.4 Å². The van der Waals surface area contributed by atoms with Crippen LogP contribution >= 0.6 is 0 Å².